The summed E-state index contributed by atoms with van der Waals surface area (Å²) >= 11 is 0. The lowest BCUT2D eigenvalue weighted by Gasteiger charge is -2.23. The number of rotatable bonds is 5. The van der Waals surface area contributed by atoms with E-state index < -0.39 is 6.10 Å². The quantitative estimate of drug-likeness (QED) is 0.581. The van der Waals surface area contributed by atoms with Crippen LogP contribution in [0.5, 0.6) is 0 Å². The van der Waals surface area contributed by atoms with Crippen molar-refractivity contribution in [3.63, 3.8) is 0 Å². The lowest BCUT2D eigenvalue weighted by atomic mass is 9.94. The van der Waals surface area contributed by atoms with Crippen LogP contribution in [0.4, 0.5) is 0 Å². The van der Waals surface area contributed by atoms with Crippen molar-refractivity contribution in [3.8, 4) is 0 Å². The van der Waals surface area contributed by atoms with Gasteiger partial charge in [0.1, 0.15) is 19.5 Å². The number of nitrogens with zero attached hydrogens (tertiary/aromatic N) is 1. The predicted octanol–water partition coefficient (Wildman–Crippen LogP) is 3.72. The number of hydrogen-bond acceptors (Lipinski definition) is 5. The molecule has 0 aromatic rings. The molecule has 4 rings (SSSR count). The van der Waals surface area contributed by atoms with Gasteiger partial charge in [0.15, 0.2) is 5.76 Å². The van der Waals surface area contributed by atoms with Gasteiger partial charge >= 0.3 is 0 Å². The fourth-order valence-corrected chi connectivity index (χ4v) is 4.07. The normalized spacial score (nSPS) is 33.5. The van der Waals surface area contributed by atoms with Crippen LogP contribution in [-0.2, 0) is 14.2 Å². The zero-order valence-electron chi connectivity index (χ0n) is 16.6. The minimum Gasteiger partial charge on any atom is -0.494 e. The highest BCUT2D eigenvalue weighted by Gasteiger charge is 2.58. The van der Waals surface area contributed by atoms with Crippen LogP contribution in [0.1, 0.15) is 13.8 Å². The zero-order valence-corrected chi connectivity index (χ0v) is 16.6. The standard InChI is InChI=1S/C21H23NO4.C2H6/c1-3-4-16(22-2)15-12-26-17-8-6-13(18-19(17)20(18)21(15)23)5-7-14-11-24-9-10-25-14;1-2/h3-8,11,15,17,19-21,23H,1-2,9-10,12H2;1-2H3/b7-5-,16-4-;. The largest absolute Gasteiger partial charge is 0.494 e. The maximum atomic E-state index is 11.0. The molecule has 28 heavy (non-hydrogen) atoms. The summed E-state index contributed by atoms with van der Waals surface area (Å²) in [5, 5.41) is 11.0. The van der Waals surface area contributed by atoms with Crippen molar-refractivity contribution in [2.75, 3.05) is 19.8 Å². The molecular formula is C23H29NO4. The molecule has 2 fully saturated rings. The van der Waals surface area contributed by atoms with E-state index in [2.05, 4.69) is 30.4 Å². The van der Waals surface area contributed by atoms with E-state index in [1.807, 2.05) is 26.0 Å². The molecule has 0 amide bonds. The molecule has 2 heterocycles. The van der Waals surface area contributed by atoms with Gasteiger partial charge in [-0.25, -0.2) is 0 Å². The van der Waals surface area contributed by atoms with Gasteiger partial charge in [0.2, 0.25) is 0 Å². The summed E-state index contributed by atoms with van der Waals surface area (Å²) in [4.78, 5) is 4.07. The second kappa shape index (κ2) is 9.22. The first-order chi connectivity index (χ1) is 13.7. The van der Waals surface area contributed by atoms with Gasteiger partial charge in [-0.05, 0) is 30.0 Å². The van der Waals surface area contributed by atoms with Crippen molar-refractivity contribution in [1.29, 1.82) is 0 Å². The molecule has 1 N–H and O–H groups in total. The zero-order chi connectivity index (χ0) is 20.1. The van der Waals surface area contributed by atoms with Gasteiger partial charge < -0.3 is 19.3 Å². The second-order valence-corrected chi connectivity index (χ2v) is 6.77. The van der Waals surface area contributed by atoms with Crippen molar-refractivity contribution < 1.29 is 19.3 Å². The van der Waals surface area contributed by atoms with Gasteiger partial charge in [-0.3, -0.25) is 4.99 Å². The van der Waals surface area contributed by atoms with Crippen LogP contribution in [0.25, 0.3) is 0 Å². The summed E-state index contributed by atoms with van der Waals surface area (Å²) in [5.41, 5.74) is 3.07. The lowest BCUT2D eigenvalue weighted by molar-refractivity contribution is 0.0395. The van der Waals surface area contributed by atoms with Crippen LogP contribution in [0.3, 0.4) is 0 Å². The van der Waals surface area contributed by atoms with Gasteiger partial charge in [0.25, 0.3) is 0 Å². The molecule has 4 aliphatic rings. The molecule has 0 bridgehead atoms. The SMILES string of the molecule is C=C/C=C(\N=C)C1COC2C=CC(/C=C\C3=COCCO3)=C3C2C3C1O.CC. The molecule has 2 aliphatic carbocycles. The first kappa shape index (κ1) is 20.4. The molecule has 1 saturated heterocycles. The molecule has 5 heteroatoms. The van der Waals surface area contributed by atoms with Crippen LogP contribution in [0, 0.1) is 17.8 Å². The third kappa shape index (κ3) is 3.91. The number of aliphatic imine (C=N–C) groups is 1. The Morgan fingerprint density at radius 2 is 2.07 bits per heavy atom. The average Bonchev–Trinajstić information content (AvgIpc) is 3.51. The van der Waals surface area contributed by atoms with Gasteiger partial charge in [-0.1, -0.05) is 44.7 Å². The maximum Gasteiger partial charge on any atom is 0.153 e. The highest BCUT2D eigenvalue weighted by molar-refractivity contribution is 5.53. The number of hydrogen-bond donors (Lipinski definition) is 1. The number of fused-ring (bicyclic) bond motifs is 1. The maximum absolute atomic E-state index is 11.0. The van der Waals surface area contributed by atoms with Crippen molar-refractivity contribution in [3.05, 3.63) is 71.9 Å². The Kier molecular flexibility index (Phi) is 6.70. The van der Waals surface area contributed by atoms with Crippen molar-refractivity contribution in [2.45, 2.75) is 26.1 Å². The van der Waals surface area contributed by atoms with E-state index in [0.29, 0.717) is 25.6 Å². The fraction of sp³-hybridized carbons (Fsp3) is 0.435. The van der Waals surface area contributed by atoms with Crippen LogP contribution in [-0.4, -0.2) is 43.9 Å². The average molecular weight is 383 g/mol. The number of allylic oxidation sites excluding steroid dienone is 6. The molecule has 5 atom stereocenters. The molecule has 150 valence electrons. The summed E-state index contributed by atoms with van der Waals surface area (Å²) in [6.07, 6.45) is 12.6. The van der Waals surface area contributed by atoms with E-state index in [1.54, 1.807) is 18.4 Å². The summed E-state index contributed by atoms with van der Waals surface area (Å²) in [6.45, 7) is 12.9. The van der Waals surface area contributed by atoms with E-state index in [-0.39, 0.29) is 23.9 Å². The Morgan fingerprint density at radius 1 is 1.25 bits per heavy atom. The highest BCUT2D eigenvalue weighted by atomic mass is 16.6. The van der Waals surface area contributed by atoms with Gasteiger partial charge in [0, 0.05) is 17.5 Å². The van der Waals surface area contributed by atoms with E-state index in [1.165, 1.54) is 5.57 Å². The molecule has 0 radical (unpaired) electrons. The van der Waals surface area contributed by atoms with E-state index in [0.717, 1.165) is 11.3 Å². The fourth-order valence-electron chi connectivity index (χ4n) is 4.07. The van der Waals surface area contributed by atoms with E-state index in [4.69, 9.17) is 14.2 Å². The molecule has 5 nitrogen and oxygen atoms in total. The summed E-state index contributed by atoms with van der Waals surface area (Å²) in [6, 6.07) is 0. The van der Waals surface area contributed by atoms with Gasteiger partial charge in [-0.15, -0.1) is 0 Å². The van der Waals surface area contributed by atoms with Crippen molar-refractivity contribution >= 4 is 6.72 Å². The summed E-state index contributed by atoms with van der Waals surface area (Å²) in [5.74, 6) is 0.819. The van der Waals surface area contributed by atoms with Gasteiger partial charge in [-0.2, -0.15) is 0 Å². The topological polar surface area (TPSA) is 60.3 Å². The Bertz CT molecular complexity index is 759. The van der Waals surface area contributed by atoms with Crippen LogP contribution >= 0.6 is 0 Å². The number of ether oxygens (including phenoxy) is 3. The Balaban J connectivity index is 0.00000109. The van der Waals surface area contributed by atoms with Crippen LogP contribution in [0.2, 0.25) is 0 Å². The van der Waals surface area contributed by atoms with E-state index >= 15 is 0 Å². The van der Waals surface area contributed by atoms with Crippen molar-refractivity contribution in [1.82, 2.24) is 0 Å². The number of aliphatic hydroxyl groups is 1. The van der Waals surface area contributed by atoms with Crippen LogP contribution in [0.15, 0.2) is 76.9 Å². The lowest BCUT2D eigenvalue weighted by Crippen LogP contribution is -2.27. The summed E-state index contributed by atoms with van der Waals surface area (Å²) in [7, 11) is 0. The minimum atomic E-state index is -0.548. The minimum absolute atomic E-state index is 0.00933. The highest BCUT2D eigenvalue weighted by Crippen LogP contribution is 2.58. The molecule has 1 saturated carbocycles. The molecule has 0 aromatic heterocycles. The first-order valence-corrected chi connectivity index (χ1v) is 9.88. The van der Waals surface area contributed by atoms with Crippen LogP contribution < -0.4 is 0 Å². The third-order valence-electron chi connectivity index (χ3n) is 5.34. The predicted molar refractivity (Wildman–Crippen MR) is 111 cm³/mol. The van der Waals surface area contributed by atoms with E-state index in [9.17, 15) is 5.11 Å². The van der Waals surface area contributed by atoms with Crippen molar-refractivity contribution in [2.24, 2.45) is 22.7 Å². The Hall–Kier alpha value is -2.37. The number of aliphatic hydroxyl groups excluding tert-OH is 1. The molecule has 2 aliphatic heterocycles. The smallest absolute Gasteiger partial charge is 0.153 e. The molecule has 0 aromatic carbocycles. The summed E-state index contributed by atoms with van der Waals surface area (Å²) < 4.78 is 16.9. The third-order valence-corrected chi connectivity index (χ3v) is 5.34. The molecule has 5 unspecified atom stereocenters. The molecule has 0 spiro atoms. The monoisotopic (exact) mass is 383 g/mol. The Morgan fingerprint density at radius 3 is 2.75 bits per heavy atom. The second-order valence-electron chi connectivity index (χ2n) is 6.77. The Labute approximate surface area is 167 Å². The van der Waals surface area contributed by atoms with Gasteiger partial charge in [0.05, 0.1) is 24.7 Å². The first-order valence-electron chi connectivity index (χ1n) is 9.88. The molecular weight excluding hydrogens is 354 g/mol.